The van der Waals surface area contributed by atoms with Gasteiger partial charge in [0, 0.05) is 61.3 Å². The van der Waals surface area contributed by atoms with E-state index in [0.29, 0.717) is 36.0 Å². The minimum absolute atomic E-state index is 0.0961. The number of rotatable bonds is 4. The molecule has 4 aliphatic heterocycles. The molecular formula is C43H59ClN4O3S. The molecule has 8 atom stereocenters. The average molecular weight is 747 g/mol. The molecule has 2 bridgehead atoms. The summed E-state index contributed by atoms with van der Waals surface area (Å²) in [6.45, 7) is 12.7. The first-order chi connectivity index (χ1) is 25.3. The second kappa shape index (κ2) is 15.8. The molecule has 8 unspecified atom stereocenters. The van der Waals surface area contributed by atoms with Crippen molar-refractivity contribution in [3.8, 4) is 5.75 Å². The summed E-state index contributed by atoms with van der Waals surface area (Å²) in [5, 5.41) is 0.699. The average Bonchev–Trinajstić information content (AvgIpc) is 3.28. The van der Waals surface area contributed by atoms with E-state index in [-0.39, 0.29) is 22.5 Å². The topological polar surface area (TPSA) is 65.1 Å². The fourth-order valence-electron chi connectivity index (χ4n) is 10.7. The minimum atomic E-state index is -1.48. The van der Waals surface area contributed by atoms with E-state index in [1.54, 1.807) is 0 Å². The van der Waals surface area contributed by atoms with Crippen LogP contribution in [0.4, 0.5) is 5.69 Å². The number of aryl methyl sites for hydroxylation is 1. The van der Waals surface area contributed by atoms with E-state index in [2.05, 4.69) is 57.6 Å². The molecular weight excluding hydrogens is 688 g/mol. The van der Waals surface area contributed by atoms with Crippen LogP contribution in [0.5, 0.6) is 5.75 Å². The quantitative estimate of drug-likeness (QED) is 0.323. The normalized spacial score (nSPS) is 34.9. The molecule has 2 saturated heterocycles. The molecule has 9 heteroatoms. The number of allylic oxidation sites excluding steroid dienone is 1. The summed E-state index contributed by atoms with van der Waals surface area (Å²) in [6.07, 6.45) is 17.3. The lowest BCUT2D eigenvalue weighted by Crippen LogP contribution is -2.56. The van der Waals surface area contributed by atoms with Crippen molar-refractivity contribution in [3.05, 3.63) is 70.3 Å². The summed E-state index contributed by atoms with van der Waals surface area (Å²) < 4.78 is 23.6. The molecule has 8 rings (SSSR count). The highest BCUT2D eigenvalue weighted by atomic mass is 35.5. The van der Waals surface area contributed by atoms with Gasteiger partial charge in [0.2, 0.25) is 0 Å². The number of hydrogen-bond donors (Lipinski definition) is 1. The first-order valence-electron chi connectivity index (χ1n) is 20.5. The van der Waals surface area contributed by atoms with Gasteiger partial charge >= 0.3 is 0 Å². The summed E-state index contributed by atoms with van der Waals surface area (Å²) in [7, 11) is -1.48. The number of nitrogens with one attached hydrogen (secondary N) is 1. The van der Waals surface area contributed by atoms with Crippen LogP contribution in [0, 0.1) is 23.7 Å². The van der Waals surface area contributed by atoms with E-state index in [9.17, 15) is 9.00 Å². The van der Waals surface area contributed by atoms with Crippen molar-refractivity contribution in [2.45, 2.75) is 101 Å². The number of carbonyl (C=O) groups is 1. The van der Waals surface area contributed by atoms with Crippen LogP contribution in [0.25, 0.3) is 0 Å². The lowest BCUT2D eigenvalue weighted by atomic mass is 9.65. The molecule has 6 aliphatic rings. The second-order valence-electron chi connectivity index (χ2n) is 17.1. The molecule has 2 aliphatic carbocycles. The van der Waals surface area contributed by atoms with Crippen molar-refractivity contribution in [2.24, 2.45) is 23.7 Å². The third-order valence-corrected chi connectivity index (χ3v) is 15.6. The van der Waals surface area contributed by atoms with E-state index < -0.39 is 11.0 Å². The SMILES string of the molecule is CCCC1C(C)C/C=C/C(CN2CCN3CCCCC3C2)C2CCC2CN2CC3(CCCc4cc(Cl)ccc43)COc3ccc(cc32)C(=O)NS1=O. The maximum Gasteiger partial charge on any atom is 0.263 e. The van der Waals surface area contributed by atoms with Crippen molar-refractivity contribution in [3.63, 3.8) is 0 Å². The standard InChI is InChI=1S/C43H59ClN4O3S/c1-3-8-41-30(2)9-6-10-33(25-46-21-22-47-20-5-4-12-36(47)27-46)37-16-13-34(37)26-48-28-43(19-7-11-31-23-35(44)15-17-38(31)43)29-51-40-18-14-32(24-39(40)48)42(49)45-52(41)50/h6,10,14-15,17-18,23-24,30,33-34,36-37,41H,3-5,7-9,11-13,16,19-22,25-29H2,1-2H3,(H,45,49)/b10-6+. The van der Waals surface area contributed by atoms with E-state index in [4.69, 9.17) is 16.3 Å². The molecule has 52 heavy (non-hydrogen) atoms. The van der Waals surface area contributed by atoms with Crippen LogP contribution in [0.3, 0.4) is 0 Å². The number of hydrogen-bond acceptors (Lipinski definition) is 6. The van der Waals surface area contributed by atoms with Gasteiger partial charge in [-0.15, -0.1) is 0 Å². The highest BCUT2D eigenvalue weighted by Crippen LogP contribution is 2.48. The van der Waals surface area contributed by atoms with Gasteiger partial charge in [0.1, 0.15) is 16.7 Å². The number of anilines is 1. The third kappa shape index (κ3) is 7.48. The van der Waals surface area contributed by atoms with Crippen molar-refractivity contribution in [1.29, 1.82) is 0 Å². The zero-order chi connectivity index (χ0) is 35.8. The van der Waals surface area contributed by atoms with Gasteiger partial charge in [-0.2, -0.15) is 0 Å². The number of ether oxygens (including phenoxy) is 1. The van der Waals surface area contributed by atoms with Crippen LogP contribution in [0.2, 0.25) is 5.02 Å². The van der Waals surface area contributed by atoms with Gasteiger partial charge in [-0.25, -0.2) is 4.21 Å². The Morgan fingerprint density at radius 1 is 1.04 bits per heavy atom. The van der Waals surface area contributed by atoms with Crippen molar-refractivity contribution < 1.29 is 13.7 Å². The Bertz CT molecular complexity index is 1670. The Kier molecular flexibility index (Phi) is 11.1. The first-order valence-corrected chi connectivity index (χ1v) is 22.0. The number of benzene rings is 2. The van der Waals surface area contributed by atoms with Crippen molar-refractivity contribution in [2.75, 3.05) is 57.3 Å². The van der Waals surface area contributed by atoms with Crippen molar-refractivity contribution in [1.82, 2.24) is 14.5 Å². The maximum absolute atomic E-state index is 13.9. The van der Waals surface area contributed by atoms with Gasteiger partial charge in [0.25, 0.3) is 5.91 Å². The third-order valence-electron chi connectivity index (χ3n) is 13.7. The van der Waals surface area contributed by atoms with Gasteiger partial charge in [-0.05, 0) is 129 Å². The van der Waals surface area contributed by atoms with Crippen LogP contribution in [-0.4, -0.2) is 83.6 Å². The van der Waals surface area contributed by atoms with Crippen LogP contribution in [0.15, 0.2) is 48.6 Å². The molecule has 3 fully saturated rings. The summed E-state index contributed by atoms with van der Waals surface area (Å²) >= 11 is 6.53. The largest absolute Gasteiger partial charge is 0.490 e. The molecule has 1 spiro atoms. The van der Waals surface area contributed by atoms with Gasteiger partial charge in [0.05, 0.1) is 17.5 Å². The van der Waals surface area contributed by atoms with E-state index in [1.165, 1.54) is 62.9 Å². The lowest BCUT2D eigenvalue weighted by molar-refractivity contribution is 0.0281. The highest BCUT2D eigenvalue weighted by Gasteiger charge is 2.45. The monoisotopic (exact) mass is 746 g/mol. The van der Waals surface area contributed by atoms with Crippen LogP contribution in [0.1, 0.15) is 99.5 Å². The number of nitrogens with zero attached hydrogens (tertiary/aromatic N) is 3. The number of piperidine rings is 1. The molecule has 0 radical (unpaired) electrons. The van der Waals surface area contributed by atoms with E-state index >= 15 is 0 Å². The molecule has 282 valence electrons. The summed E-state index contributed by atoms with van der Waals surface area (Å²) in [4.78, 5) is 21.9. The summed E-state index contributed by atoms with van der Waals surface area (Å²) in [6, 6.07) is 13.0. The number of piperazine rings is 1. The molecule has 1 saturated carbocycles. The smallest absolute Gasteiger partial charge is 0.263 e. The molecule has 2 aromatic carbocycles. The Morgan fingerprint density at radius 2 is 1.94 bits per heavy atom. The zero-order valence-corrected chi connectivity index (χ0v) is 32.9. The summed E-state index contributed by atoms with van der Waals surface area (Å²) in [5.74, 6) is 2.43. The Balaban J connectivity index is 1.14. The number of halogens is 1. The lowest BCUT2D eigenvalue weighted by Gasteiger charge is -2.49. The molecule has 1 N–H and O–H groups in total. The van der Waals surface area contributed by atoms with Gasteiger partial charge in [-0.1, -0.05) is 56.5 Å². The predicted octanol–water partition coefficient (Wildman–Crippen LogP) is 7.78. The minimum Gasteiger partial charge on any atom is -0.490 e. The fourth-order valence-corrected chi connectivity index (χ4v) is 12.3. The molecule has 0 aromatic heterocycles. The van der Waals surface area contributed by atoms with Crippen LogP contribution >= 0.6 is 11.6 Å². The van der Waals surface area contributed by atoms with Crippen LogP contribution in [-0.2, 0) is 22.8 Å². The highest BCUT2D eigenvalue weighted by molar-refractivity contribution is 7.84. The van der Waals surface area contributed by atoms with Crippen molar-refractivity contribution >= 4 is 34.2 Å². The molecule has 7 nitrogen and oxygen atoms in total. The molecule has 4 heterocycles. The van der Waals surface area contributed by atoms with Gasteiger partial charge in [0.15, 0.2) is 0 Å². The van der Waals surface area contributed by atoms with E-state index in [1.807, 2.05) is 24.3 Å². The summed E-state index contributed by atoms with van der Waals surface area (Å²) in [5.41, 5.74) is 4.08. The van der Waals surface area contributed by atoms with Crippen LogP contribution < -0.4 is 14.4 Å². The molecule has 1 amide bonds. The fraction of sp³-hybridized carbons (Fsp3) is 0.651. The van der Waals surface area contributed by atoms with Gasteiger partial charge < -0.3 is 9.64 Å². The number of amides is 1. The Morgan fingerprint density at radius 3 is 2.79 bits per heavy atom. The maximum atomic E-state index is 13.9. The predicted molar refractivity (Wildman–Crippen MR) is 213 cm³/mol. The number of carbonyl (C=O) groups excluding carboxylic acids is 1. The Hall–Kier alpha value is -2.39. The first kappa shape index (κ1) is 36.6. The van der Waals surface area contributed by atoms with E-state index in [0.717, 1.165) is 81.2 Å². The Labute approximate surface area is 319 Å². The second-order valence-corrected chi connectivity index (χ2v) is 18.9. The zero-order valence-electron chi connectivity index (χ0n) is 31.4. The number of fused-ring (bicyclic) bond motifs is 5. The molecule has 2 aromatic rings. The van der Waals surface area contributed by atoms with Gasteiger partial charge in [-0.3, -0.25) is 19.3 Å².